The topological polar surface area (TPSA) is 82.7 Å². The molecule has 1 heterocycles. The number of nitrogens with one attached hydrogen (secondary N) is 2. The molecule has 0 saturated carbocycles. The second kappa shape index (κ2) is 8.40. The summed E-state index contributed by atoms with van der Waals surface area (Å²) in [6.45, 7) is 18.4. The predicted octanol–water partition coefficient (Wildman–Crippen LogP) is 4.67. The van der Waals surface area contributed by atoms with Crippen LogP contribution in [0.2, 0.25) is 0 Å². The zero-order valence-corrected chi connectivity index (χ0v) is 19.9. The summed E-state index contributed by atoms with van der Waals surface area (Å²) in [5.74, 6) is 0.106. The molecule has 2 N–H and O–H groups in total. The number of fused-ring (bicyclic) bond motifs is 1. The van der Waals surface area contributed by atoms with Gasteiger partial charge in [0.2, 0.25) is 0 Å². The molecule has 0 saturated heterocycles. The summed E-state index contributed by atoms with van der Waals surface area (Å²) in [6.07, 6.45) is -0.299. The van der Waals surface area contributed by atoms with Crippen LogP contribution < -0.4 is 14.8 Å². The molecule has 0 radical (unpaired) electrons. The summed E-state index contributed by atoms with van der Waals surface area (Å²) < 4.78 is 40.8. The van der Waals surface area contributed by atoms with E-state index in [1.807, 2.05) is 27.7 Å². The molecule has 1 aliphatic rings. The van der Waals surface area contributed by atoms with E-state index in [0.717, 1.165) is 0 Å². The Labute approximate surface area is 181 Å². The minimum Gasteiger partial charge on any atom is -0.598 e. The lowest BCUT2D eigenvalue weighted by Gasteiger charge is -2.29. The molecule has 0 fully saturated rings. The zero-order valence-electron chi connectivity index (χ0n) is 19.1. The Morgan fingerprint density at radius 1 is 1.33 bits per heavy atom. The van der Waals surface area contributed by atoms with Crippen LogP contribution in [0.25, 0.3) is 0 Å². The van der Waals surface area contributed by atoms with Gasteiger partial charge in [0.1, 0.15) is 27.5 Å². The molecular weight excluding hydrogens is 407 g/mol. The third-order valence-electron chi connectivity index (χ3n) is 4.61. The van der Waals surface area contributed by atoms with Gasteiger partial charge in [0.25, 0.3) is 0 Å². The van der Waals surface area contributed by atoms with Crippen molar-refractivity contribution in [3.8, 4) is 5.75 Å². The van der Waals surface area contributed by atoms with E-state index in [1.54, 1.807) is 27.7 Å². The van der Waals surface area contributed by atoms with E-state index in [-0.39, 0.29) is 0 Å². The third-order valence-corrected chi connectivity index (χ3v) is 6.29. The number of carbonyl (C=O) groups is 1. The molecule has 1 aromatic carbocycles. The minimum atomic E-state index is -1.34. The predicted molar refractivity (Wildman–Crippen MR) is 117 cm³/mol. The van der Waals surface area contributed by atoms with Gasteiger partial charge >= 0.3 is 6.09 Å². The average Bonchev–Trinajstić information content (AvgIpc) is 2.88. The maximum absolute atomic E-state index is 14.3. The molecule has 8 heteroatoms. The summed E-state index contributed by atoms with van der Waals surface area (Å²) in [6, 6.07) is 2.38. The van der Waals surface area contributed by atoms with Crippen molar-refractivity contribution in [2.75, 3.05) is 0 Å². The van der Waals surface area contributed by atoms with Gasteiger partial charge in [-0.25, -0.2) is 9.18 Å². The molecule has 0 aromatic heterocycles. The van der Waals surface area contributed by atoms with E-state index >= 15 is 0 Å². The van der Waals surface area contributed by atoms with Gasteiger partial charge in [0, 0.05) is 28.9 Å². The molecule has 0 bridgehead atoms. The van der Waals surface area contributed by atoms with Gasteiger partial charge < -0.3 is 14.0 Å². The van der Waals surface area contributed by atoms with Crippen molar-refractivity contribution in [2.24, 2.45) is 0 Å². The summed E-state index contributed by atoms with van der Waals surface area (Å²) in [7, 11) is 0. The van der Waals surface area contributed by atoms with Crippen LogP contribution in [0, 0.1) is 5.82 Å². The second-order valence-corrected chi connectivity index (χ2v) is 11.8. The maximum atomic E-state index is 14.3. The van der Waals surface area contributed by atoms with Crippen LogP contribution in [0.1, 0.15) is 72.6 Å². The van der Waals surface area contributed by atoms with Crippen LogP contribution in [-0.4, -0.2) is 26.6 Å². The zero-order chi connectivity index (χ0) is 23.1. The molecular formula is C22H33FN2O4S. The number of halogens is 1. The van der Waals surface area contributed by atoms with E-state index in [1.165, 1.54) is 12.1 Å². The second-order valence-electron chi connectivity index (χ2n) is 9.82. The highest BCUT2D eigenvalue weighted by Gasteiger charge is 2.41. The van der Waals surface area contributed by atoms with Crippen molar-refractivity contribution in [3.05, 3.63) is 41.4 Å². The quantitative estimate of drug-likeness (QED) is 0.650. The van der Waals surface area contributed by atoms with E-state index < -0.39 is 45.3 Å². The van der Waals surface area contributed by atoms with Crippen LogP contribution in [0.15, 0.2) is 24.4 Å². The first kappa shape index (κ1) is 24.5. The number of rotatable bonds is 5. The number of benzene rings is 1. The molecule has 1 aliphatic heterocycles. The van der Waals surface area contributed by atoms with Gasteiger partial charge in [-0.3, -0.25) is 5.32 Å². The first-order valence-electron chi connectivity index (χ1n) is 9.90. The number of carbonyl (C=O) groups excluding carboxylic acids is 1. The van der Waals surface area contributed by atoms with Gasteiger partial charge in [-0.2, -0.15) is 0 Å². The maximum Gasteiger partial charge on any atom is 0.412 e. The molecule has 0 unspecified atom stereocenters. The molecule has 30 heavy (non-hydrogen) atoms. The van der Waals surface area contributed by atoms with Crippen molar-refractivity contribution in [3.63, 3.8) is 0 Å². The van der Waals surface area contributed by atoms with Crippen LogP contribution in [0.5, 0.6) is 5.75 Å². The van der Waals surface area contributed by atoms with Gasteiger partial charge in [0.15, 0.2) is 0 Å². The summed E-state index contributed by atoms with van der Waals surface area (Å²) in [5.41, 5.74) is -0.0698. The van der Waals surface area contributed by atoms with Crippen molar-refractivity contribution in [1.82, 2.24) is 10.0 Å². The van der Waals surface area contributed by atoms with E-state index in [4.69, 9.17) is 9.47 Å². The highest BCUT2D eigenvalue weighted by molar-refractivity contribution is 7.90. The number of ether oxygens (including phenoxy) is 2. The SMILES string of the molecule is C=C(NC(=O)OC(C)(C)C)[C@@]1(C)Cc2cc(F)cc([C@@H](C)N[S@+]([O-])C(C)(C)C)c2O1. The van der Waals surface area contributed by atoms with Crippen LogP contribution >= 0.6 is 0 Å². The Balaban J connectivity index is 2.23. The standard InChI is InChI=1S/C22H33FN2O4S/c1-13(25-30(27)21(6,7)8)17-11-16(23)10-15-12-22(9,28-18(15)17)14(2)24-19(26)29-20(3,4)5/h10-11,13,25H,2,12H2,1,3-9H3,(H,24,26)/t13-,22-,30-/m1/s1. The lowest BCUT2D eigenvalue weighted by Crippen LogP contribution is -2.43. The normalized spacial score (nSPS) is 20.7. The summed E-state index contributed by atoms with van der Waals surface area (Å²) in [4.78, 5) is 12.1. The van der Waals surface area contributed by atoms with Crippen LogP contribution in [0.4, 0.5) is 9.18 Å². The molecule has 6 nitrogen and oxygen atoms in total. The van der Waals surface area contributed by atoms with Crippen LogP contribution in [0.3, 0.4) is 0 Å². The fraction of sp³-hybridized carbons (Fsp3) is 0.591. The fourth-order valence-corrected chi connectivity index (χ4v) is 3.81. The van der Waals surface area contributed by atoms with Crippen molar-refractivity contribution >= 4 is 17.5 Å². The Morgan fingerprint density at radius 3 is 2.47 bits per heavy atom. The third kappa shape index (κ3) is 5.89. The number of hydrogen-bond donors (Lipinski definition) is 2. The van der Waals surface area contributed by atoms with Gasteiger partial charge in [0.05, 0.1) is 11.7 Å². The fourth-order valence-electron chi connectivity index (χ4n) is 3.00. The lowest BCUT2D eigenvalue weighted by molar-refractivity contribution is 0.0509. The van der Waals surface area contributed by atoms with Crippen LogP contribution in [-0.2, 0) is 22.5 Å². The lowest BCUT2D eigenvalue weighted by atomic mass is 9.95. The van der Waals surface area contributed by atoms with Gasteiger partial charge in [-0.05, 0) is 67.5 Å². The van der Waals surface area contributed by atoms with Crippen molar-refractivity contribution < 1.29 is 23.2 Å². The van der Waals surface area contributed by atoms with Gasteiger partial charge in [-0.15, -0.1) is 4.72 Å². The monoisotopic (exact) mass is 440 g/mol. The van der Waals surface area contributed by atoms with Crippen molar-refractivity contribution in [2.45, 2.75) is 83.8 Å². The van der Waals surface area contributed by atoms with Gasteiger partial charge in [-0.1, -0.05) is 6.58 Å². The molecule has 0 aliphatic carbocycles. The Hall–Kier alpha value is -1.77. The summed E-state index contributed by atoms with van der Waals surface area (Å²) >= 11 is -1.34. The molecule has 0 spiro atoms. The molecule has 1 aromatic rings. The number of amides is 1. The first-order valence-corrected chi connectivity index (χ1v) is 11.1. The molecule has 3 atom stereocenters. The van der Waals surface area contributed by atoms with E-state index in [2.05, 4.69) is 16.6 Å². The van der Waals surface area contributed by atoms with E-state index in [9.17, 15) is 13.7 Å². The molecule has 1 amide bonds. The smallest absolute Gasteiger partial charge is 0.412 e. The highest BCUT2D eigenvalue weighted by Crippen LogP contribution is 2.43. The average molecular weight is 441 g/mol. The Kier molecular flexibility index (Phi) is 6.86. The minimum absolute atomic E-state index is 0.318. The first-order chi connectivity index (χ1) is 13.5. The largest absolute Gasteiger partial charge is 0.598 e. The molecule has 168 valence electrons. The Morgan fingerprint density at radius 2 is 1.93 bits per heavy atom. The van der Waals surface area contributed by atoms with E-state index in [0.29, 0.717) is 29.0 Å². The Bertz CT molecular complexity index is 832. The highest BCUT2D eigenvalue weighted by atomic mass is 32.2. The van der Waals surface area contributed by atoms with Crippen molar-refractivity contribution in [1.29, 1.82) is 0 Å². The summed E-state index contributed by atoms with van der Waals surface area (Å²) in [5, 5.41) is 2.63. The number of hydrogen-bond acceptors (Lipinski definition) is 5. The number of alkyl carbamates (subject to hydrolysis) is 1. The molecule has 2 rings (SSSR count).